The van der Waals surface area contributed by atoms with Crippen LogP contribution in [0.3, 0.4) is 0 Å². The van der Waals surface area contributed by atoms with E-state index in [1.807, 2.05) is 0 Å². The van der Waals surface area contributed by atoms with Crippen molar-refractivity contribution in [3.05, 3.63) is 101 Å². The number of anilines is 2. The summed E-state index contributed by atoms with van der Waals surface area (Å²) in [5.41, 5.74) is 4.35. The lowest BCUT2D eigenvalue weighted by Gasteiger charge is -2.16. The summed E-state index contributed by atoms with van der Waals surface area (Å²) in [7, 11) is 1.65. The first-order valence-corrected chi connectivity index (χ1v) is 11.7. The molecule has 38 heavy (non-hydrogen) atoms. The van der Waals surface area contributed by atoms with Gasteiger partial charge >= 0.3 is 6.18 Å². The third-order valence-corrected chi connectivity index (χ3v) is 6.39. The average molecular weight is 541 g/mol. The smallest absolute Gasteiger partial charge is 0.322 e. The van der Waals surface area contributed by atoms with Crippen LogP contribution in [-0.4, -0.2) is 27.8 Å². The first kappa shape index (κ1) is 25.5. The minimum absolute atomic E-state index is 0.0455. The predicted molar refractivity (Wildman–Crippen MR) is 136 cm³/mol. The Bertz CT molecular complexity index is 1510. The summed E-state index contributed by atoms with van der Waals surface area (Å²) in [6.07, 6.45) is -4.53. The van der Waals surface area contributed by atoms with Crippen molar-refractivity contribution in [3.8, 4) is 11.3 Å². The van der Waals surface area contributed by atoms with E-state index in [0.29, 0.717) is 27.8 Å². The molecule has 0 radical (unpaired) electrons. The molecule has 8 nitrogen and oxygen atoms in total. The zero-order valence-electron chi connectivity index (χ0n) is 19.7. The van der Waals surface area contributed by atoms with Crippen LogP contribution in [0.25, 0.3) is 11.3 Å². The van der Waals surface area contributed by atoms with Crippen molar-refractivity contribution in [3.63, 3.8) is 0 Å². The molecule has 4 aromatic rings. The van der Waals surface area contributed by atoms with Crippen LogP contribution in [0.2, 0.25) is 5.02 Å². The normalized spacial score (nSPS) is 14.1. The molecule has 3 aromatic carbocycles. The second-order valence-corrected chi connectivity index (χ2v) is 8.99. The number of rotatable bonds is 6. The average Bonchev–Trinajstić information content (AvgIpc) is 3.64. The molecule has 0 spiro atoms. The van der Waals surface area contributed by atoms with Crippen molar-refractivity contribution < 1.29 is 22.8 Å². The standard InChI is InChI=1S/C26H20ClF3N6O2/c1-36-22(32-23(37)16-6-10-17(11-7-16)25(34-35-25)26(28,29)30)14-21(33-36)15-8-12-18(13-9-15)31-24(38)19-4-2-3-5-20(19)27/h2-14,34-35H,1H3,(H,31,38)(H,32,37). The summed E-state index contributed by atoms with van der Waals surface area (Å²) in [6, 6.07) is 20.5. The van der Waals surface area contributed by atoms with E-state index in [9.17, 15) is 22.8 Å². The molecule has 1 aliphatic rings. The van der Waals surface area contributed by atoms with Crippen molar-refractivity contribution in [1.29, 1.82) is 0 Å². The van der Waals surface area contributed by atoms with Crippen LogP contribution in [0.15, 0.2) is 78.9 Å². The number of carbonyl (C=O) groups is 2. The third-order valence-electron chi connectivity index (χ3n) is 6.06. The number of nitrogens with one attached hydrogen (secondary N) is 4. The summed E-state index contributed by atoms with van der Waals surface area (Å²) in [5, 5.41) is 10.3. The number of aryl methyl sites for hydroxylation is 1. The molecule has 0 atom stereocenters. The van der Waals surface area contributed by atoms with Crippen LogP contribution in [0.1, 0.15) is 26.3 Å². The van der Waals surface area contributed by atoms with E-state index >= 15 is 0 Å². The zero-order chi connectivity index (χ0) is 27.1. The fourth-order valence-electron chi connectivity index (χ4n) is 3.87. The molecule has 1 aromatic heterocycles. The molecule has 2 heterocycles. The number of aromatic nitrogens is 2. The van der Waals surface area contributed by atoms with Crippen molar-refractivity contribution in [2.45, 2.75) is 11.8 Å². The lowest BCUT2D eigenvalue weighted by molar-refractivity contribution is -0.165. The highest BCUT2D eigenvalue weighted by Crippen LogP contribution is 2.42. The van der Waals surface area contributed by atoms with E-state index in [1.165, 1.54) is 28.9 Å². The van der Waals surface area contributed by atoms with Gasteiger partial charge < -0.3 is 10.6 Å². The maximum Gasteiger partial charge on any atom is 0.426 e. The number of amides is 2. The molecule has 194 valence electrons. The number of hydrogen-bond donors (Lipinski definition) is 4. The molecule has 2 amide bonds. The highest BCUT2D eigenvalue weighted by molar-refractivity contribution is 6.34. The Morgan fingerprint density at radius 2 is 1.58 bits per heavy atom. The van der Waals surface area contributed by atoms with Gasteiger partial charge in [0.05, 0.1) is 16.3 Å². The Labute approximate surface area is 219 Å². The number of nitrogens with zero attached hydrogens (tertiary/aromatic N) is 2. The molecular formula is C26H20ClF3N6O2. The van der Waals surface area contributed by atoms with E-state index < -0.39 is 17.7 Å². The Hall–Kier alpha value is -4.19. The summed E-state index contributed by atoms with van der Waals surface area (Å²) < 4.78 is 41.2. The Morgan fingerprint density at radius 3 is 2.18 bits per heavy atom. The van der Waals surface area contributed by atoms with Crippen molar-refractivity contribution >= 4 is 34.9 Å². The van der Waals surface area contributed by atoms with Gasteiger partial charge in [0.2, 0.25) is 5.66 Å². The van der Waals surface area contributed by atoms with Gasteiger partial charge in [0, 0.05) is 29.9 Å². The molecule has 0 aliphatic carbocycles. The minimum Gasteiger partial charge on any atom is -0.322 e. The highest BCUT2D eigenvalue weighted by Gasteiger charge is 2.65. The highest BCUT2D eigenvalue weighted by atomic mass is 35.5. The summed E-state index contributed by atoms with van der Waals surface area (Å²) in [6.45, 7) is 0. The molecule has 1 fully saturated rings. The molecule has 0 unspecified atom stereocenters. The molecule has 0 saturated carbocycles. The molecule has 12 heteroatoms. The lowest BCUT2D eigenvalue weighted by atomic mass is 10.0. The van der Waals surface area contributed by atoms with Crippen LogP contribution >= 0.6 is 11.6 Å². The molecule has 5 rings (SSSR count). The Balaban J connectivity index is 1.25. The van der Waals surface area contributed by atoms with Gasteiger partial charge in [-0.3, -0.25) is 14.3 Å². The van der Waals surface area contributed by atoms with Crippen LogP contribution in [0, 0.1) is 0 Å². The number of alkyl halides is 3. The van der Waals surface area contributed by atoms with E-state index in [4.69, 9.17) is 11.6 Å². The number of hydrogen-bond acceptors (Lipinski definition) is 5. The Kier molecular flexibility index (Phi) is 6.43. The van der Waals surface area contributed by atoms with Crippen molar-refractivity contribution in [2.75, 3.05) is 10.6 Å². The van der Waals surface area contributed by atoms with Crippen molar-refractivity contribution in [2.24, 2.45) is 7.05 Å². The van der Waals surface area contributed by atoms with Gasteiger partial charge in [-0.1, -0.05) is 48.0 Å². The van der Waals surface area contributed by atoms with Gasteiger partial charge in [0.25, 0.3) is 11.8 Å². The second-order valence-electron chi connectivity index (χ2n) is 8.58. The molecule has 1 aliphatic heterocycles. The predicted octanol–water partition coefficient (Wildman–Crippen LogP) is 5.07. The van der Waals surface area contributed by atoms with Gasteiger partial charge in [0.1, 0.15) is 5.82 Å². The summed E-state index contributed by atoms with van der Waals surface area (Å²) in [4.78, 5) is 25.2. The Morgan fingerprint density at radius 1 is 0.921 bits per heavy atom. The lowest BCUT2D eigenvalue weighted by Crippen LogP contribution is -2.34. The topological polar surface area (TPSA) is 120 Å². The number of carbonyl (C=O) groups excluding carboxylic acids is 2. The first-order chi connectivity index (χ1) is 18.1. The van der Waals surface area contributed by atoms with E-state index in [0.717, 1.165) is 5.56 Å². The first-order valence-electron chi connectivity index (χ1n) is 11.3. The van der Waals surface area contributed by atoms with Crippen LogP contribution < -0.4 is 21.5 Å². The third kappa shape index (κ3) is 4.86. The second kappa shape index (κ2) is 9.60. The van der Waals surface area contributed by atoms with E-state index in [-0.39, 0.29) is 17.0 Å². The molecule has 1 saturated heterocycles. The zero-order valence-corrected chi connectivity index (χ0v) is 20.5. The molecule has 0 bridgehead atoms. The van der Waals surface area contributed by atoms with E-state index in [1.54, 1.807) is 61.6 Å². The maximum atomic E-state index is 13.2. The number of hydrazine groups is 1. The maximum absolute atomic E-state index is 13.2. The van der Waals surface area contributed by atoms with E-state index in [2.05, 4.69) is 26.6 Å². The number of benzene rings is 3. The fraction of sp³-hybridized carbons (Fsp3) is 0.115. The van der Waals surface area contributed by atoms with Gasteiger partial charge in [-0.2, -0.15) is 18.3 Å². The summed E-state index contributed by atoms with van der Waals surface area (Å²) in [5.74, 6) is -0.443. The van der Waals surface area contributed by atoms with Gasteiger partial charge in [0.15, 0.2) is 0 Å². The largest absolute Gasteiger partial charge is 0.426 e. The van der Waals surface area contributed by atoms with Gasteiger partial charge in [-0.15, -0.1) is 0 Å². The van der Waals surface area contributed by atoms with Gasteiger partial charge in [-0.25, -0.2) is 10.9 Å². The quantitative estimate of drug-likeness (QED) is 0.255. The van der Waals surface area contributed by atoms with Crippen LogP contribution in [0.5, 0.6) is 0 Å². The fourth-order valence-corrected chi connectivity index (χ4v) is 4.09. The van der Waals surface area contributed by atoms with Crippen LogP contribution in [0.4, 0.5) is 24.7 Å². The summed E-state index contributed by atoms with van der Waals surface area (Å²) >= 11 is 6.08. The monoisotopic (exact) mass is 540 g/mol. The number of halogens is 4. The minimum atomic E-state index is -4.53. The van der Waals surface area contributed by atoms with Crippen LogP contribution in [-0.2, 0) is 12.7 Å². The SMILES string of the molecule is Cn1nc(-c2ccc(NC(=O)c3ccccc3Cl)cc2)cc1NC(=O)c1ccc(C2(C(F)(F)F)NN2)cc1. The van der Waals surface area contributed by atoms with Gasteiger partial charge in [-0.05, 0) is 42.0 Å². The molecule has 4 N–H and O–H groups in total. The molecular weight excluding hydrogens is 521 g/mol. The van der Waals surface area contributed by atoms with Crippen molar-refractivity contribution in [1.82, 2.24) is 20.6 Å².